The molecular weight excluding hydrogens is 380 g/mol. The molecular formula is C23H23N4O3+. The van der Waals surface area contributed by atoms with Crippen molar-refractivity contribution in [2.24, 2.45) is 0 Å². The third kappa shape index (κ3) is 3.92. The third-order valence-corrected chi connectivity index (χ3v) is 5.33. The maximum absolute atomic E-state index is 12.2. The summed E-state index contributed by atoms with van der Waals surface area (Å²) in [5, 5.41) is 2.89. The van der Waals surface area contributed by atoms with Crippen LogP contribution in [0.1, 0.15) is 11.6 Å². The number of amides is 1. The molecule has 152 valence electrons. The molecule has 5 rings (SSSR count). The first kappa shape index (κ1) is 18.4. The SMILES string of the molecule is O=C(COc1ccccc1)Nc1ccc2c(c1)nc1n2CC[NH+](Cc2ccco2)C1. The lowest BCUT2D eigenvalue weighted by molar-refractivity contribution is -0.932. The Bertz CT molecular complexity index is 1150. The zero-order valence-corrected chi connectivity index (χ0v) is 16.5. The van der Waals surface area contributed by atoms with E-state index in [9.17, 15) is 4.79 Å². The van der Waals surface area contributed by atoms with E-state index in [1.807, 2.05) is 60.7 Å². The van der Waals surface area contributed by atoms with Crippen molar-refractivity contribution < 1.29 is 18.8 Å². The second-order valence-electron chi connectivity index (χ2n) is 7.47. The topological polar surface area (TPSA) is 73.7 Å². The van der Waals surface area contributed by atoms with Crippen molar-refractivity contribution in [1.29, 1.82) is 0 Å². The zero-order chi connectivity index (χ0) is 20.3. The summed E-state index contributed by atoms with van der Waals surface area (Å²) in [6.07, 6.45) is 1.72. The van der Waals surface area contributed by atoms with E-state index in [1.54, 1.807) is 6.26 Å². The van der Waals surface area contributed by atoms with Gasteiger partial charge in [0, 0.05) is 5.69 Å². The Morgan fingerprint density at radius 2 is 2.07 bits per heavy atom. The van der Waals surface area contributed by atoms with Gasteiger partial charge in [-0.2, -0.15) is 0 Å². The number of aromatic nitrogens is 2. The van der Waals surface area contributed by atoms with E-state index < -0.39 is 0 Å². The van der Waals surface area contributed by atoms with Gasteiger partial charge in [0.1, 0.15) is 18.8 Å². The van der Waals surface area contributed by atoms with Crippen LogP contribution in [0.15, 0.2) is 71.3 Å². The molecule has 0 spiro atoms. The van der Waals surface area contributed by atoms with Crippen LogP contribution < -0.4 is 15.0 Å². The van der Waals surface area contributed by atoms with Crippen molar-refractivity contribution in [2.45, 2.75) is 19.6 Å². The number of para-hydroxylation sites is 1. The Morgan fingerprint density at radius 1 is 1.17 bits per heavy atom. The van der Waals surface area contributed by atoms with Crippen molar-refractivity contribution in [2.75, 3.05) is 18.5 Å². The first-order valence-corrected chi connectivity index (χ1v) is 10.1. The number of ether oxygens (including phenoxy) is 1. The number of carbonyl (C=O) groups excluding carboxylic acids is 1. The number of carbonyl (C=O) groups is 1. The standard InChI is InChI=1S/C23H22N4O3/c28-23(16-30-18-5-2-1-3-6-18)24-17-8-9-21-20(13-17)25-22-15-26(10-11-27(21)22)14-19-7-4-12-29-19/h1-9,12-13H,10-11,14-16H2,(H,24,28)/p+1. The van der Waals surface area contributed by atoms with Crippen LogP contribution in [0.5, 0.6) is 5.75 Å². The molecule has 7 nitrogen and oxygen atoms in total. The summed E-state index contributed by atoms with van der Waals surface area (Å²) in [4.78, 5) is 18.5. The van der Waals surface area contributed by atoms with Gasteiger partial charge < -0.3 is 23.9 Å². The Labute approximate surface area is 173 Å². The molecule has 1 amide bonds. The summed E-state index contributed by atoms with van der Waals surface area (Å²) < 4.78 is 13.3. The summed E-state index contributed by atoms with van der Waals surface area (Å²) in [6, 6.07) is 19.1. The number of furan rings is 1. The van der Waals surface area contributed by atoms with E-state index in [2.05, 4.69) is 9.88 Å². The highest BCUT2D eigenvalue weighted by atomic mass is 16.5. The van der Waals surface area contributed by atoms with Gasteiger partial charge in [-0.15, -0.1) is 0 Å². The lowest BCUT2D eigenvalue weighted by atomic mass is 10.2. The summed E-state index contributed by atoms with van der Waals surface area (Å²) >= 11 is 0. The molecule has 30 heavy (non-hydrogen) atoms. The lowest BCUT2D eigenvalue weighted by Gasteiger charge is -2.24. The highest BCUT2D eigenvalue weighted by molar-refractivity contribution is 5.94. The Kier molecular flexibility index (Phi) is 4.94. The summed E-state index contributed by atoms with van der Waals surface area (Å²) in [5.41, 5.74) is 2.71. The number of hydrogen-bond donors (Lipinski definition) is 2. The average molecular weight is 403 g/mol. The second kappa shape index (κ2) is 8.04. The van der Waals surface area contributed by atoms with Crippen LogP contribution in [0.3, 0.4) is 0 Å². The van der Waals surface area contributed by atoms with Crippen LogP contribution >= 0.6 is 0 Å². The number of fused-ring (bicyclic) bond motifs is 3. The van der Waals surface area contributed by atoms with E-state index in [1.165, 1.54) is 4.90 Å². The van der Waals surface area contributed by atoms with Gasteiger partial charge in [-0.05, 0) is 42.5 Å². The van der Waals surface area contributed by atoms with Crippen LogP contribution in [0.4, 0.5) is 5.69 Å². The molecule has 1 aliphatic rings. The molecule has 0 fully saturated rings. The van der Waals surface area contributed by atoms with E-state index >= 15 is 0 Å². The predicted molar refractivity (Wildman–Crippen MR) is 112 cm³/mol. The van der Waals surface area contributed by atoms with Crippen molar-refractivity contribution in [3.05, 3.63) is 78.5 Å². The first-order chi connectivity index (χ1) is 14.7. The summed E-state index contributed by atoms with van der Waals surface area (Å²) in [5.74, 6) is 2.54. The first-order valence-electron chi connectivity index (χ1n) is 10.1. The number of benzene rings is 2. The van der Waals surface area contributed by atoms with E-state index in [0.717, 1.165) is 54.5 Å². The van der Waals surface area contributed by atoms with Gasteiger partial charge in [0.25, 0.3) is 5.91 Å². The lowest BCUT2D eigenvalue weighted by Crippen LogP contribution is -3.10. The van der Waals surface area contributed by atoms with Crippen molar-refractivity contribution in [3.8, 4) is 5.75 Å². The van der Waals surface area contributed by atoms with Crippen LogP contribution in [-0.4, -0.2) is 28.6 Å². The van der Waals surface area contributed by atoms with Crippen LogP contribution in [0.2, 0.25) is 0 Å². The minimum absolute atomic E-state index is 0.0349. The second-order valence-corrected chi connectivity index (χ2v) is 7.47. The normalized spacial score (nSPS) is 15.7. The fourth-order valence-electron chi connectivity index (χ4n) is 3.90. The number of anilines is 1. The van der Waals surface area contributed by atoms with Crippen LogP contribution in [0.25, 0.3) is 11.0 Å². The number of imidazole rings is 1. The minimum atomic E-state index is -0.198. The monoisotopic (exact) mass is 403 g/mol. The molecule has 0 bridgehead atoms. The predicted octanol–water partition coefficient (Wildman–Crippen LogP) is 2.25. The summed E-state index contributed by atoms with van der Waals surface area (Å²) in [6.45, 7) is 3.61. The van der Waals surface area contributed by atoms with Crippen molar-refractivity contribution >= 4 is 22.6 Å². The zero-order valence-electron chi connectivity index (χ0n) is 16.5. The fourth-order valence-corrected chi connectivity index (χ4v) is 3.90. The molecule has 2 N–H and O–H groups in total. The molecule has 1 unspecified atom stereocenters. The molecule has 1 atom stereocenters. The smallest absolute Gasteiger partial charge is 0.262 e. The number of hydrogen-bond acceptors (Lipinski definition) is 4. The number of nitrogens with one attached hydrogen (secondary N) is 2. The molecule has 4 aromatic rings. The van der Waals surface area contributed by atoms with E-state index in [-0.39, 0.29) is 12.5 Å². The van der Waals surface area contributed by atoms with Gasteiger partial charge in [-0.25, -0.2) is 4.98 Å². The molecule has 0 aliphatic carbocycles. The molecule has 2 aromatic heterocycles. The molecule has 1 aliphatic heterocycles. The van der Waals surface area contributed by atoms with E-state index in [4.69, 9.17) is 14.1 Å². The number of nitrogens with zero attached hydrogens (tertiary/aromatic N) is 2. The third-order valence-electron chi connectivity index (χ3n) is 5.33. The van der Waals surface area contributed by atoms with Crippen LogP contribution in [-0.2, 0) is 24.4 Å². The fraction of sp³-hybridized carbons (Fsp3) is 0.217. The van der Waals surface area contributed by atoms with Crippen molar-refractivity contribution in [3.63, 3.8) is 0 Å². The molecule has 0 saturated heterocycles. The average Bonchev–Trinajstić information content (AvgIpc) is 3.39. The molecule has 7 heteroatoms. The van der Waals surface area contributed by atoms with Gasteiger partial charge in [-0.3, -0.25) is 4.79 Å². The van der Waals surface area contributed by atoms with Crippen molar-refractivity contribution in [1.82, 2.24) is 9.55 Å². The highest BCUT2D eigenvalue weighted by Crippen LogP contribution is 2.21. The minimum Gasteiger partial charge on any atom is -0.484 e. The maximum Gasteiger partial charge on any atom is 0.262 e. The van der Waals surface area contributed by atoms with E-state index in [0.29, 0.717) is 5.75 Å². The number of quaternary nitrogens is 1. The highest BCUT2D eigenvalue weighted by Gasteiger charge is 2.24. The Hall–Kier alpha value is -3.58. The molecule has 0 radical (unpaired) electrons. The quantitative estimate of drug-likeness (QED) is 0.518. The Balaban J connectivity index is 1.25. The summed E-state index contributed by atoms with van der Waals surface area (Å²) in [7, 11) is 0. The van der Waals surface area contributed by atoms with Gasteiger partial charge in [0.2, 0.25) is 0 Å². The largest absolute Gasteiger partial charge is 0.484 e. The van der Waals surface area contributed by atoms with Gasteiger partial charge in [-0.1, -0.05) is 18.2 Å². The van der Waals surface area contributed by atoms with Gasteiger partial charge >= 0.3 is 0 Å². The molecule has 2 aromatic carbocycles. The number of rotatable bonds is 6. The molecule has 0 saturated carbocycles. The van der Waals surface area contributed by atoms with Gasteiger partial charge in [0.05, 0.1) is 30.4 Å². The van der Waals surface area contributed by atoms with Crippen LogP contribution in [0, 0.1) is 0 Å². The Morgan fingerprint density at radius 3 is 2.90 bits per heavy atom. The maximum atomic E-state index is 12.2. The van der Waals surface area contributed by atoms with Gasteiger partial charge in [0.15, 0.2) is 18.2 Å². The molecule has 3 heterocycles.